The van der Waals surface area contributed by atoms with Crippen LogP contribution in [0.5, 0.6) is 11.5 Å². The van der Waals surface area contributed by atoms with Crippen molar-refractivity contribution in [2.45, 2.75) is 60.0 Å². The number of carbonyl (C=O) groups excluding carboxylic acids is 1. The zero-order valence-corrected chi connectivity index (χ0v) is 17.6. The molecule has 1 amide bonds. The highest BCUT2D eigenvalue weighted by molar-refractivity contribution is 7.86. The molecular weight excluding hydrogens is 354 g/mol. The van der Waals surface area contributed by atoms with E-state index in [-0.39, 0.29) is 23.1 Å². The van der Waals surface area contributed by atoms with E-state index in [1.54, 1.807) is 12.1 Å². The molecule has 26 heavy (non-hydrogen) atoms. The van der Waals surface area contributed by atoms with Gasteiger partial charge in [0.2, 0.25) is 5.91 Å². The number of hydrogen-bond acceptors (Lipinski definition) is 5. The van der Waals surface area contributed by atoms with Gasteiger partial charge >= 0.3 is 10.1 Å². The lowest BCUT2D eigenvalue weighted by Crippen LogP contribution is -2.39. The molecular formula is C19H31NO5S. The van der Waals surface area contributed by atoms with Crippen molar-refractivity contribution in [2.75, 3.05) is 13.4 Å². The van der Waals surface area contributed by atoms with Gasteiger partial charge in [-0.15, -0.1) is 0 Å². The van der Waals surface area contributed by atoms with Crippen LogP contribution in [0.2, 0.25) is 0 Å². The predicted molar refractivity (Wildman–Crippen MR) is 103 cm³/mol. The number of rotatable bonds is 8. The monoisotopic (exact) mass is 385 g/mol. The van der Waals surface area contributed by atoms with Gasteiger partial charge in [0.05, 0.1) is 13.4 Å². The van der Waals surface area contributed by atoms with Crippen LogP contribution in [0.15, 0.2) is 18.2 Å². The Kier molecular flexibility index (Phi) is 7.50. The van der Waals surface area contributed by atoms with Gasteiger partial charge in [0.1, 0.15) is 0 Å². The van der Waals surface area contributed by atoms with Gasteiger partial charge in [0.25, 0.3) is 0 Å². The molecule has 6 nitrogen and oxygen atoms in total. The van der Waals surface area contributed by atoms with E-state index in [9.17, 15) is 13.2 Å². The van der Waals surface area contributed by atoms with Crippen molar-refractivity contribution in [1.29, 1.82) is 0 Å². The maximum atomic E-state index is 12.8. The molecule has 1 rings (SSSR count). The van der Waals surface area contributed by atoms with Gasteiger partial charge in [-0.25, -0.2) is 0 Å². The van der Waals surface area contributed by atoms with E-state index in [4.69, 9.17) is 8.92 Å². The second-order valence-electron chi connectivity index (χ2n) is 7.79. The summed E-state index contributed by atoms with van der Waals surface area (Å²) < 4.78 is 33.1. The highest BCUT2D eigenvalue weighted by Crippen LogP contribution is 2.30. The van der Waals surface area contributed by atoms with Crippen LogP contribution in [0.25, 0.3) is 0 Å². The Hall–Kier alpha value is -1.76. The van der Waals surface area contributed by atoms with Gasteiger partial charge < -0.3 is 13.8 Å². The Morgan fingerprint density at radius 1 is 1.23 bits per heavy atom. The Labute approximate surface area is 157 Å². The van der Waals surface area contributed by atoms with Crippen molar-refractivity contribution in [3.05, 3.63) is 23.8 Å². The molecule has 1 aromatic rings. The lowest BCUT2D eigenvalue weighted by atomic mass is 9.91. The zero-order valence-electron chi connectivity index (χ0n) is 16.8. The molecule has 0 aliphatic rings. The molecule has 148 valence electrons. The Morgan fingerprint density at radius 2 is 1.85 bits per heavy atom. The number of ether oxygens (including phenoxy) is 1. The molecule has 0 radical (unpaired) electrons. The summed E-state index contributed by atoms with van der Waals surface area (Å²) in [5.41, 5.74) is 0.680. The van der Waals surface area contributed by atoms with Crippen LogP contribution in [0.3, 0.4) is 0 Å². The van der Waals surface area contributed by atoms with E-state index in [0.717, 1.165) is 18.2 Å². The normalized spacial score (nSPS) is 13.2. The summed E-state index contributed by atoms with van der Waals surface area (Å²) in [5, 5.41) is 0. The topological polar surface area (TPSA) is 72.9 Å². The van der Waals surface area contributed by atoms with Crippen LogP contribution in [0.1, 0.15) is 53.0 Å². The smallest absolute Gasteiger partial charge is 0.306 e. The molecule has 0 bridgehead atoms. The van der Waals surface area contributed by atoms with E-state index in [1.807, 2.05) is 45.6 Å². The van der Waals surface area contributed by atoms with Crippen LogP contribution in [0.4, 0.5) is 0 Å². The van der Waals surface area contributed by atoms with Crippen molar-refractivity contribution in [3.8, 4) is 11.5 Å². The van der Waals surface area contributed by atoms with E-state index < -0.39 is 10.1 Å². The lowest BCUT2D eigenvalue weighted by molar-refractivity contribution is -0.135. The maximum Gasteiger partial charge on any atom is 0.306 e. The van der Waals surface area contributed by atoms with Crippen molar-refractivity contribution < 1.29 is 22.1 Å². The van der Waals surface area contributed by atoms with Crippen molar-refractivity contribution >= 4 is 16.0 Å². The van der Waals surface area contributed by atoms with Gasteiger partial charge in [-0.1, -0.05) is 33.8 Å². The van der Waals surface area contributed by atoms with Crippen LogP contribution >= 0.6 is 0 Å². The molecule has 0 fully saturated rings. The minimum atomic E-state index is -3.68. The fourth-order valence-electron chi connectivity index (χ4n) is 2.51. The Bertz CT molecular complexity index is 722. The third-order valence-electron chi connectivity index (χ3n) is 3.95. The third-order valence-corrected chi connectivity index (χ3v) is 4.43. The average Bonchev–Trinajstić information content (AvgIpc) is 2.48. The molecule has 7 heteroatoms. The molecule has 0 unspecified atom stereocenters. The van der Waals surface area contributed by atoms with Gasteiger partial charge in [-0.3, -0.25) is 4.79 Å². The molecule has 0 spiro atoms. The quantitative estimate of drug-likeness (QED) is 0.639. The van der Waals surface area contributed by atoms with Crippen LogP contribution < -0.4 is 8.92 Å². The molecule has 0 saturated heterocycles. The Balaban J connectivity index is 3.14. The highest BCUT2D eigenvalue weighted by Gasteiger charge is 2.25. The van der Waals surface area contributed by atoms with Crippen molar-refractivity contribution in [3.63, 3.8) is 0 Å². The summed E-state index contributed by atoms with van der Waals surface area (Å²) in [6.45, 7) is 10.5. The first-order chi connectivity index (χ1) is 11.9. The summed E-state index contributed by atoms with van der Waals surface area (Å²) in [4.78, 5) is 14.6. The number of hydrogen-bond donors (Lipinski definition) is 0. The number of amides is 1. The summed E-state index contributed by atoms with van der Waals surface area (Å²) >= 11 is 0. The number of methoxy groups -OCH3 is 1. The fraction of sp³-hybridized carbons (Fsp3) is 0.632. The molecule has 0 aliphatic carbocycles. The van der Waals surface area contributed by atoms with E-state index >= 15 is 0 Å². The second kappa shape index (κ2) is 8.75. The second-order valence-corrected chi connectivity index (χ2v) is 9.36. The molecule has 0 saturated carbocycles. The van der Waals surface area contributed by atoms with Gasteiger partial charge in [-0.05, 0) is 36.5 Å². The molecule has 0 aromatic heterocycles. The minimum absolute atomic E-state index is 0.0752. The summed E-state index contributed by atoms with van der Waals surface area (Å²) in [7, 11) is -2.23. The van der Waals surface area contributed by atoms with Gasteiger partial charge in [0.15, 0.2) is 11.5 Å². The fourth-order valence-corrected chi connectivity index (χ4v) is 2.97. The standard InChI is InChI=1S/C19H31NO5S/c1-8-14(2)20(18(21)12-19(3,4)5)13-15-9-10-16(24-6)17(11-15)25-26(7,22)23/h9-11,14H,8,12-13H2,1-7H3/t14-/m1/s1. The molecule has 0 aliphatic heterocycles. The summed E-state index contributed by atoms with van der Waals surface area (Å²) in [6.07, 6.45) is 2.26. The van der Waals surface area contributed by atoms with Gasteiger partial charge in [0, 0.05) is 19.0 Å². The SMILES string of the molecule is CC[C@@H](C)N(Cc1ccc(OC)c(OS(C)(=O)=O)c1)C(=O)CC(C)(C)C. The van der Waals surface area contributed by atoms with E-state index in [0.29, 0.717) is 18.7 Å². The number of carbonyl (C=O) groups is 1. The first-order valence-corrected chi connectivity index (χ1v) is 10.5. The largest absolute Gasteiger partial charge is 0.493 e. The molecule has 0 heterocycles. The minimum Gasteiger partial charge on any atom is -0.493 e. The van der Waals surface area contributed by atoms with E-state index in [2.05, 4.69) is 0 Å². The van der Waals surface area contributed by atoms with Crippen molar-refractivity contribution in [2.24, 2.45) is 5.41 Å². The Morgan fingerprint density at radius 3 is 2.31 bits per heavy atom. The summed E-state index contributed by atoms with van der Waals surface area (Å²) in [6, 6.07) is 5.15. The van der Waals surface area contributed by atoms with Crippen LogP contribution in [0, 0.1) is 5.41 Å². The molecule has 1 atom stereocenters. The predicted octanol–water partition coefficient (Wildman–Crippen LogP) is 3.60. The van der Waals surface area contributed by atoms with Gasteiger partial charge in [-0.2, -0.15) is 8.42 Å². The average molecular weight is 386 g/mol. The van der Waals surface area contributed by atoms with Crippen LogP contribution in [-0.2, 0) is 21.5 Å². The lowest BCUT2D eigenvalue weighted by Gasteiger charge is -2.31. The van der Waals surface area contributed by atoms with E-state index in [1.165, 1.54) is 7.11 Å². The molecule has 0 N–H and O–H groups in total. The van der Waals surface area contributed by atoms with Crippen LogP contribution in [-0.4, -0.2) is 38.6 Å². The third kappa shape index (κ3) is 7.23. The molecule has 1 aromatic carbocycles. The zero-order chi connectivity index (χ0) is 20.1. The number of nitrogens with zero attached hydrogens (tertiary/aromatic N) is 1. The first kappa shape index (κ1) is 22.3. The first-order valence-electron chi connectivity index (χ1n) is 8.72. The number of benzene rings is 1. The maximum absolute atomic E-state index is 12.8. The van der Waals surface area contributed by atoms with Crippen molar-refractivity contribution in [1.82, 2.24) is 4.90 Å². The highest BCUT2D eigenvalue weighted by atomic mass is 32.2. The summed E-state index contributed by atoms with van der Waals surface area (Å²) in [5.74, 6) is 0.531.